The zero-order valence-corrected chi connectivity index (χ0v) is 8.47. The predicted octanol–water partition coefficient (Wildman–Crippen LogP) is 2.64. The van der Waals surface area contributed by atoms with Crippen LogP contribution in [-0.2, 0) is 5.41 Å². The summed E-state index contributed by atoms with van der Waals surface area (Å²) < 4.78 is 13.4. The summed E-state index contributed by atoms with van der Waals surface area (Å²) >= 11 is 0. The van der Waals surface area contributed by atoms with Crippen molar-refractivity contribution in [3.8, 4) is 5.75 Å². The van der Waals surface area contributed by atoms with Crippen molar-refractivity contribution in [2.45, 2.75) is 26.2 Å². The van der Waals surface area contributed by atoms with E-state index in [1.54, 1.807) is 0 Å². The molecule has 0 radical (unpaired) electrons. The molecule has 0 saturated carbocycles. The summed E-state index contributed by atoms with van der Waals surface area (Å²) in [4.78, 5) is 10.5. The number of benzene rings is 1. The first-order valence-corrected chi connectivity index (χ1v) is 4.34. The van der Waals surface area contributed by atoms with Crippen molar-refractivity contribution in [2.75, 3.05) is 0 Å². The third-order valence-corrected chi connectivity index (χ3v) is 2.05. The van der Waals surface area contributed by atoms with E-state index in [0.29, 0.717) is 11.8 Å². The molecule has 0 bridgehead atoms. The van der Waals surface area contributed by atoms with Crippen LogP contribution < -0.4 is 0 Å². The molecule has 0 aliphatic carbocycles. The molecule has 0 aliphatic heterocycles. The van der Waals surface area contributed by atoms with E-state index in [4.69, 9.17) is 0 Å². The monoisotopic (exact) mass is 196 g/mol. The number of phenolic OH excluding ortho intramolecular Hbond substituents is 1. The lowest BCUT2D eigenvalue weighted by Gasteiger charge is -2.20. The van der Waals surface area contributed by atoms with Crippen LogP contribution in [0.3, 0.4) is 0 Å². The van der Waals surface area contributed by atoms with Gasteiger partial charge in [0.05, 0.1) is 5.56 Å². The highest BCUT2D eigenvalue weighted by Gasteiger charge is 2.20. The number of aldehydes is 1. The summed E-state index contributed by atoms with van der Waals surface area (Å²) in [5, 5.41) is 9.21. The van der Waals surface area contributed by atoms with E-state index in [0.717, 1.165) is 6.07 Å². The van der Waals surface area contributed by atoms with Gasteiger partial charge in [-0.1, -0.05) is 20.8 Å². The van der Waals surface area contributed by atoms with Crippen LogP contribution >= 0.6 is 0 Å². The molecule has 1 N–H and O–H groups in total. The van der Waals surface area contributed by atoms with Crippen molar-refractivity contribution in [1.82, 2.24) is 0 Å². The third-order valence-electron chi connectivity index (χ3n) is 2.05. The van der Waals surface area contributed by atoms with Crippen LogP contribution in [0.2, 0.25) is 0 Å². The highest BCUT2D eigenvalue weighted by molar-refractivity contribution is 5.79. The number of carbonyl (C=O) groups is 1. The molecule has 2 nitrogen and oxygen atoms in total. The minimum atomic E-state index is -0.486. The molecule has 0 atom stereocenters. The van der Waals surface area contributed by atoms with Crippen molar-refractivity contribution in [1.29, 1.82) is 0 Å². The summed E-state index contributed by atoms with van der Waals surface area (Å²) in [6.07, 6.45) is 0.518. The molecule has 0 unspecified atom stereocenters. The van der Waals surface area contributed by atoms with Crippen LogP contribution in [0, 0.1) is 5.82 Å². The molecule has 0 amide bonds. The molecular formula is C11H13FO2. The Morgan fingerprint density at radius 3 is 2.36 bits per heavy atom. The van der Waals surface area contributed by atoms with Crippen LogP contribution in [0.25, 0.3) is 0 Å². The second kappa shape index (κ2) is 3.40. The van der Waals surface area contributed by atoms with E-state index in [1.807, 2.05) is 20.8 Å². The van der Waals surface area contributed by atoms with Gasteiger partial charge in [-0.25, -0.2) is 4.39 Å². The Bertz CT molecular complexity index is 364. The van der Waals surface area contributed by atoms with Crippen molar-refractivity contribution >= 4 is 6.29 Å². The molecule has 76 valence electrons. The fourth-order valence-corrected chi connectivity index (χ4v) is 1.25. The zero-order valence-electron chi connectivity index (χ0n) is 8.47. The normalized spacial score (nSPS) is 11.4. The molecule has 0 fully saturated rings. The van der Waals surface area contributed by atoms with Crippen LogP contribution in [-0.4, -0.2) is 11.4 Å². The van der Waals surface area contributed by atoms with Gasteiger partial charge in [0.1, 0.15) is 11.6 Å². The lowest BCUT2D eigenvalue weighted by molar-refractivity contribution is 0.112. The van der Waals surface area contributed by atoms with Gasteiger partial charge in [0.2, 0.25) is 0 Å². The minimum absolute atomic E-state index is 0.122. The van der Waals surface area contributed by atoms with Crippen LogP contribution in [0.4, 0.5) is 4.39 Å². The van der Waals surface area contributed by atoms with E-state index < -0.39 is 5.82 Å². The van der Waals surface area contributed by atoms with Crippen molar-refractivity contribution in [3.63, 3.8) is 0 Å². The Morgan fingerprint density at radius 1 is 1.36 bits per heavy atom. The van der Waals surface area contributed by atoms with Gasteiger partial charge in [-0.05, 0) is 17.0 Å². The molecule has 0 aliphatic rings. The quantitative estimate of drug-likeness (QED) is 0.701. The third kappa shape index (κ3) is 1.92. The van der Waals surface area contributed by atoms with E-state index in [2.05, 4.69) is 0 Å². The van der Waals surface area contributed by atoms with Gasteiger partial charge < -0.3 is 5.11 Å². The second-order valence-corrected chi connectivity index (χ2v) is 4.26. The maximum absolute atomic E-state index is 13.4. The number of hydrogen-bond acceptors (Lipinski definition) is 2. The molecule has 3 heteroatoms. The van der Waals surface area contributed by atoms with Gasteiger partial charge in [0.15, 0.2) is 6.29 Å². The molecule has 0 aromatic heterocycles. The van der Waals surface area contributed by atoms with E-state index >= 15 is 0 Å². The molecule has 0 saturated heterocycles. The minimum Gasteiger partial charge on any atom is -0.507 e. The summed E-state index contributed by atoms with van der Waals surface area (Å²) in [7, 11) is 0. The van der Waals surface area contributed by atoms with Gasteiger partial charge in [-0.2, -0.15) is 0 Å². The highest BCUT2D eigenvalue weighted by Crippen LogP contribution is 2.29. The van der Waals surface area contributed by atoms with Crippen molar-refractivity contribution in [2.24, 2.45) is 0 Å². The van der Waals surface area contributed by atoms with E-state index in [1.165, 1.54) is 6.07 Å². The molecule has 14 heavy (non-hydrogen) atoms. The average Bonchev–Trinajstić information content (AvgIpc) is 2.02. The number of aromatic hydroxyl groups is 1. The highest BCUT2D eigenvalue weighted by atomic mass is 19.1. The first kappa shape index (κ1) is 10.7. The lowest BCUT2D eigenvalue weighted by Crippen LogP contribution is -2.14. The Kier molecular flexibility index (Phi) is 2.60. The van der Waals surface area contributed by atoms with Gasteiger partial charge >= 0.3 is 0 Å². The number of carbonyl (C=O) groups excluding carboxylic acids is 1. The molecule has 0 heterocycles. The average molecular weight is 196 g/mol. The number of halogens is 1. The van der Waals surface area contributed by atoms with Gasteiger partial charge in [0, 0.05) is 6.07 Å². The fraction of sp³-hybridized carbons (Fsp3) is 0.364. The summed E-state index contributed by atoms with van der Waals surface area (Å²) in [5.41, 5.74) is 0.170. The van der Waals surface area contributed by atoms with Gasteiger partial charge in [-0.3, -0.25) is 4.79 Å². The Balaban J connectivity index is 3.39. The summed E-state index contributed by atoms with van der Waals surface area (Å²) in [6, 6.07) is 2.36. The standard InChI is InChI=1S/C11H13FO2/c1-11(2,3)8-4-7(6-13)10(14)5-9(8)12/h4-6,14H,1-3H3. The Labute approximate surface area is 82.4 Å². The Hall–Kier alpha value is -1.38. The largest absolute Gasteiger partial charge is 0.507 e. The van der Waals surface area contributed by atoms with E-state index in [-0.39, 0.29) is 16.7 Å². The van der Waals surface area contributed by atoms with Gasteiger partial charge in [-0.15, -0.1) is 0 Å². The second-order valence-electron chi connectivity index (χ2n) is 4.26. The molecule has 1 aromatic carbocycles. The fourth-order valence-electron chi connectivity index (χ4n) is 1.25. The van der Waals surface area contributed by atoms with E-state index in [9.17, 15) is 14.3 Å². The summed E-state index contributed by atoms with van der Waals surface area (Å²) in [6.45, 7) is 5.53. The molecular weight excluding hydrogens is 183 g/mol. The topological polar surface area (TPSA) is 37.3 Å². The number of phenols is 1. The molecule has 1 aromatic rings. The predicted molar refractivity (Wildman–Crippen MR) is 52.2 cm³/mol. The Morgan fingerprint density at radius 2 is 1.93 bits per heavy atom. The van der Waals surface area contributed by atoms with Crippen molar-refractivity contribution in [3.05, 3.63) is 29.1 Å². The maximum Gasteiger partial charge on any atom is 0.153 e. The van der Waals surface area contributed by atoms with Crippen LogP contribution in [0.15, 0.2) is 12.1 Å². The molecule has 0 spiro atoms. The summed E-state index contributed by atoms with van der Waals surface area (Å²) in [5.74, 6) is -0.800. The first-order chi connectivity index (χ1) is 6.36. The zero-order chi connectivity index (χ0) is 10.9. The SMILES string of the molecule is CC(C)(C)c1cc(C=O)c(O)cc1F. The first-order valence-electron chi connectivity index (χ1n) is 4.34. The smallest absolute Gasteiger partial charge is 0.153 e. The van der Waals surface area contributed by atoms with Crippen LogP contribution in [0.5, 0.6) is 5.75 Å². The number of hydrogen-bond donors (Lipinski definition) is 1. The number of rotatable bonds is 1. The molecule has 1 rings (SSSR count). The van der Waals surface area contributed by atoms with Crippen molar-refractivity contribution < 1.29 is 14.3 Å². The maximum atomic E-state index is 13.4. The van der Waals surface area contributed by atoms with Gasteiger partial charge in [0.25, 0.3) is 0 Å². The lowest BCUT2D eigenvalue weighted by atomic mass is 9.85. The van der Waals surface area contributed by atoms with Crippen LogP contribution in [0.1, 0.15) is 36.7 Å².